The Labute approximate surface area is 163 Å². The average Bonchev–Trinajstić information content (AvgIpc) is 3.13. The van der Waals surface area contributed by atoms with Gasteiger partial charge in [-0.05, 0) is 44.0 Å². The number of aliphatic imine (C=N–C) groups is 1. The van der Waals surface area contributed by atoms with Crippen molar-refractivity contribution >= 4 is 21.9 Å². The van der Waals surface area contributed by atoms with E-state index in [2.05, 4.69) is 38.1 Å². The number of nitrogens with one attached hydrogen (secondary N) is 1. The largest absolute Gasteiger partial charge is 0.459 e. The number of halogens is 1. The molecule has 0 unspecified atom stereocenters. The van der Waals surface area contributed by atoms with Crippen LogP contribution in [0.1, 0.15) is 25.5 Å². The van der Waals surface area contributed by atoms with E-state index in [0.717, 1.165) is 60.1 Å². The predicted molar refractivity (Wildman–Crippen MR) is 108 cm³/mol. The van der Waals surface area contributed by atoms with Gasteiger partial charge in [0.1, 0.15) is 11.5 Å². The van der Waals surface area contributed by atoms with Gasteiger partial charge >= 0.3 is 0 Å². The molecule has 6 heteroatoms. The molecular weight excluding hydrogens is 394 g/mol. The van der Waals surface area contributed by atoms with Gasteiger partial charge in [0.2, 0.25) is 0 Å². The summed E-state index contributed by atoms with van der Waals surface area (Å²) in [5.74, 6) is 2.69. The predicted octanol–water partition coefficient (Wildman–Crippen LogP) is 4.29. The fraction of sp³-hybridized carbons (Fsp3) is 0.450. The van der Waals surface area contributed by atoms with Crippen LogP contribution in [0.25, 0.3) is 11.3 Å². The second-order valence-corrected chi connectivity index (χ2v) is 7.23. The van der Waals surface area contributed by atoms with Gasteiger partial charge in [0, 0.05) is 36.8 Å². The molecule has 3 rings (SSSR count). The molecule has 2 aromatic rings. The molecule has 1 saturated heterocycles. The second kappa shape index (κ2) is 9.24. The lowest BCUT2D eigenvalue weighted by Gasteiger charge is -2.33. The fourth-order valence-corrected chi connectivity index (χ4v) is 3.47. The summed E-state index contributed by atoms with van der Waals surface area (Å²) in [5.41, 5.74) is 1.07. The van der Waals surface area contributed by atoms with Crippen molar-refractivity contribution < 1.29 is 9.15 Å². The molecule has 1 aromatic carbocycles. The summed E-state index contributed by atoms with van der Waals surface area (Å²) in [6.07, 6.45) is 2.47. The van der Waals surface area contributed by atoms with Crippen molar-refractivity contribution in [1.29, 1.82) is 0 Å². The van der Waals surface area contributed by atoms with Gasteiger partial charge in [0.05, 0.1) is 12.6 Å². The molecule has 140 valence electrons. The van der Waals surface area contributed by atoms with E-state index in [9.17, 15) is 0 Å². The Bertz CT molecular complexity index is 719. The van der Waals surface area contributed by atoms with Crippen molar-refractivity contribution in [1.82, 2.24) is 10.2 Å². The molecule has 1 fully saturated rings. The zero-order chi connectivity index (χ0) is 18.4. The van der Waals surface area contributed by atoms with Crippen LogP contribution in [0.15, 0.2) is 50.3 Å². The summed E-state index contributed by atoms with van der Waals surface area (Å²) in [4.78, 5) is 6.70. The molecule has 0 bridgehead atoms. The fourth-order valence-electron chi connectivity index (χ4n) is 3.21. The van der Waals surface area contributed by atoms with E-state index in [4.69, 9.17) is 9.15 Å². The Kier molecular flexibility index (Phi) is 6.74. The standard InChI is InChI=1S/C20H26BrN3O2/c1-3-25-17-10-12-24(13-11-17)20(22-2)23-14-18-8-9-19(26-18)15-4-6-16(21)7-5-15/h4-9,17H,3,10-14H2,1-2H3,(H,22,23). The van der Waals surface area contributed by atoms with Gasteiger partial charge in [0.25, 0.3) is 0 Å². The van der Waals surface area contributed by atoms with Gasteiger partial charge in [-0.25, -0.2) is 0 Å². The molecule has 1 aliphatic heterocycles. The van der Waals surface area contributed by atoms with E-state index in [-0.39, 0.29) is 0 Å². The molecule has 26 heavy (non-hydrogen) atoms. The molecule has 0 aliphatic carbocycles. The number of hydrogen-bond acceptors (Lipinski definition) is 3. The van der Waals surface area contributed by atoms with Crippen molar-refractivity contribution in [2.45, 2.75) is 32.4 Å². The number of piperidine rings is 1. The molecule has 0 radical (unpaired) electrons. The van der Waals surface area contributed by atoms with E-state index in [1.165, 1.54) is 0 Å². The third-order valence-electron chi connectivity index (χ3n) is 4.57. The number of ether oxygens (including phenoxy) is 1. The Morgan fingerprint density at radius 1 is 1.23 bits per heavy atom. The maximum absolute atomic E-state index is 5.97. The molecule has 0 spiro atoms. The smallest absolute Gasteiger partial charge is 0.194 e. The average molecular weight is 420 g/mol. The maximum atomic E-state index is 5.97. The van der Waals surface area contributed by atoms with Crippen molar-refractivity contribution in [2.75, 3.05) is 26.7 Å². The van der Waals surface area contributed by atoms with Crippen molar-refractivity contribution in [3.05, 3.63) is 46.6 Å². The van der Waals surface area contributed by atoms with Crippen LogP contribution in [0.5, 0.6) is 0 Å². The van der Waals surface area contributed by atoms with Crippen LogP contribution in [0.2, 0.25) is 0 Å². The number of rotatable bonds is 5. The Balaban J connectivity index is 1.54. The first-order valence-corrected chi connectivity index (χ1v) is 9.90. The minimum atomic E-state index is 0.382. The number of furan rings is 1. The highest BCUT2D eigenvalue weighted by Gasteiger charge is 2.21. The van der Waals surface area contributed by atoms with Crippen molar-refractivity contribution in [2.24, 2.45) is 4.99 Å². The Morgan fingerprint density at radius 2 is 1.96 bits per heavy atom. The van der Waals surface area contributed by atoms with Crippen LogP contribution < -0.4 is 5.32 Å². The maximum Gasteiger partial charge on any atom is 0.194 e. The second-order valence-electron chi connectivity index (χ2n) is 6.32. The van der Waals surface area contributed by atoms with Crippen molar-refractivity contribution in [3.8, 4) is 11.3 Å². The zero-order valence-electron chi connectivity index (χ0n) is 15.4. The summed E-state index contributed by atoms with van der Waals surface area (Å²) >= 11 is 3.46. The van der Waals surface area contributed by atoms with Gasteiger partial charge < -0.3 is 19.4 Å². The van der Waals surface area contributed by atoms with E-state index in [1.54, 1.807) is 0 Å². The van der Waals surface area contributed by atoms with E-state index in [1.807, 2.05) is 43.4 Å². The van der Waals surface area contributed by atoms with Crippen molar-refractivity contribution in [3.63, 3.8) is 0 Å². The van der Waals surface area contributed by atoms with E-state index >= 15 is 0 Å². The van der Waals surface area contributed by atoms with Crippen LogP contribution in [-0.2, 0) is 11.3 Å². The minimum Gasteiger partial charge on any atom is -0.459 e. The first kappa shape index (κ1) is 19.0. The number of nitrogens with zero attached hydrogens (tertiary/aromatic N) is 2. The van der Waals surface area contributed by atoms with Crippen LogP contribution in [0, 0.1) is 0 Å². The van der Waals surface area contributed by atoms with Crippen LogP contribution >= 0.6 is 15.9 Å². The highest BCUT2D eigenvalue weighted by Crippen LogP contribution is 2.24. The monoisotopic (exact) mass is 419 g/mol. The lowest BCUT2D eigenvalue weighted by Crippen LogP contribution is -2.46. The molecule has 0 saturated carbocycles. The van der Waals surface area contributed by atoms with Crippen LogP contribution in [-0.4, -0.2) is 43.7 Å². The first-order chi connectivity index (χ1) is 12.7. The number of benzene rings is 1. The van der Waals surface area contributed by atoms with Gasteiger partial charge in [-0.3, -0.25) is 4.99 Å². The normalized spacial score (nSPS) is 16.1. The lowest BCUT2D eigenvalue weighted by atomic mass is 10.1. The number of hydrogen-bond donors (Lipinski definition) is 1. The SMILES string of the molecule is CCOC1CCN(C(=NC)NCc2ccc(-c3ccc(Br)cc3)o2)CC1. The van der Waals surface area contributed by atoms with Gasteiger partial charge in [0.15, 0.2) is 5.96 Å². The lowest BCUT2D eigenvalue weighted by molar-refractivity contribution is 0.0263. The molecular formula is C20H26BrN3O2. The molecule has 5 nitrogen and oxygen atoms in total. The van der Waals surface area contributed by atoms with Gasteiger partial charge in [-0.2, -0.15) is 0 Å². The number of likely N-dealkylation sites (tertiary alicyclic amines) is 1. The Hall–Kier alpha value is -1.79. The van der Waals surface area contributed by atoms with Gasteiger partial charge in [-0.1, -0.05) is 28.1 Å². The quantitative estimate of drug-likeness (QED) is 0.580. The molecule has 2 heterocycles. The molecule has 0 amide bonds. The van der Waals surface area contributed by atoms with Crippen LogP contribution in [0.4, 0.5) is 0 Å². The molecule has 1 aliphatic rings. The minimum absolute atomic E-state index is 0.382. The Morgan fingerprint density at radius 3 is 2.62 bits per heavy atom. The summed E-state index contributed by atoms with van der Waals surface area (Å²) < 4.78 is 12.8. The highest BCUT2D eigenvalue weighted by atomic mass is 79.9. The summed E-state index contributed by atoms with van der Waals surface area (Å²) in [7, 11) is 1.83. The zero-order valence-corrected chi connectivity index (χ0v) is 17.0. The van der Waals surface area contributed by atoms with E-state index in [0.29, 0.717) is 12.6 Å². The summed E-state index contributed by atoms with van der Waals surface area (Å²) in [5, 5.41) is 3.41. The first-order valence-electron chi connectivity index (χ1n) is 9.11. The molecule has 0 atom stereocenters. The topological polar surface area (TPSA) is 50.0 Å². The van der Waals surface area contributed by atoms with Gasteiger partial charge in [-0.15, -0.1) is 0 Å². The molecule has 1 N–H and O–H groups in total. The van der Waals surface area contributed by atoms with Crippen LogP contribution in [0.3, 0.4) is 0 Å². The number of guanidine groups is 1. The summed E-state index contributed by atoms with van der Waals surface area (Å²) in [6.45, 7) is 5.39. The molecule has 1 aromatic heterocycles. The third-order valence-corrected chi connectivity index (χ3v) is 5.10. The third kappa shape index (κ3) is 4.89. The summed E-state index contributed by atoms with van der Waals surface area (Å²) in [6, 6.07) is 12.1. The van der Waals surface area contributed by atoms with E-state index < -0.39 is 0 Å². The highest BCUT2D eigenvalue weighted by molar-refractivity contribution is 9.10.